The molecule has 0 radical (unpaired) electrons. The minimum atomic E-state index is 0.0539. The van der Waals surface area contributed by atoms with E-state index in [0.29, 0.717) is 15.7 Å². The molecule has 1 aliphatic rings. The molecule has 1 aromatic carbocycles. The highest BCUT2D eigenvalue weighted by molar-refractivity contribution is 6.42. The van der Waals surface area contributed by atoms with Crippen LogP contribution in [0, 0.1) is 5.92 Å². The SMILES string of the molecule is CN1CCC[C@H](C(=O)Nc2ccc(Cl)c(Cl)c2)C1. The Hall–Kier alpha value is -0.770. The van der Waals surface area contributed by atoms with Crippen molar-refractivity contribution in [3.63, 3.8) is 0 Å². The highest BCUT2D eigenvalue weighted by atomic mass is 35.5. The zero-order valence-corrected chi connectivity index (χ0v) is 11.8. The summed E-state index contributed by atoms with van der Waals surface area (Å²) in [6.07, 6.45) is 2.01. The van der Waals surface area contributed by atoms with E-state index in [4.69, 9.17) is 23.2 Å². The third-order valence-electron chi connectivity index (χ3n) is 3.18. The average Bonchev–Trinajstić information content (AvgIpc) is 2.34. The predicted octanol–water partition coefficient (Wildman–Crippen LogP) is 3.27. The highest BCUT2D eigenvalue weighted by Gasteiger charge is 2.23. The number of halogens is 2. The van der Waals surface area contributed by atoms with Crippen molar-refractivity contribution in [1.82, 2.24) is 4.90 Å². The summed E-state index contributed by atoms with van der Waals surface area (Å²) in [6.45, 7) is 1.88. The first-order chi connectivity index (χ1) is 8.56. The Morgan fingerprint density at radius 2 is 2.17 bits per heavy atom. The maximum Gasteiger partial charge on any atom is 0.228 e. The van der Waals surface area contributed by atoms with Crippen LogP contribution in [-0.2, 0) is 4.79 Å². The smallest absolute Gasteiger partial charge is 0.228 e. The molecular formula is C13H16Cl2N2O. The molecule has 5 heteroatoms. The second-order valence-electron chi connectivity index (χ2n) is 4.72. The van der Waals surface area contributed by atoms with Crippen molar-refractivity contribution in [2.45, 2.75) is 12.8 Å². The zero-order valence-electron chi connectivity index (χ0n) is 10.2. The molecule has 1 aliphatic heterocycles. The normalized spacial score (nSPS) is 20.7. The average molecular weight is 287 g/mol. The van der Waals surface area contributed by atoms with Crippen LogP contribution in [0.3, 0.4) is 0 Å². The Morgan fingerprint density at radius 1 is 1.39 bits per heavy atom. The van der Waals surface area contributed by atoms with Crippen molar-refractivity contribution in [2.24, 2.45) is 5.92 Å². The fourth-order valence-electron chi connectivity index (χ4n) is 2.20. The van der Waals surface area contributed by atoms with E-state index < -0.39 is 0 Å². The minimum absolute atomic E-state index is 0.0539. The molecule has 98 valence electrons. The van der Waals surface area contributed by atoms with Crippen LogP contribution in [0.4, 0.5) is 5.69 Å². The fraction of sp³-hybridized carbons (Fsp3) is 0.462. The van der Waals surface area contributed by atoms with Gasteiger partial charge in [-0.2, -0.15) is 0 Å². The molecular weight excluding hydrogens is 271 g/mol. The van der Waals surface area contributed by atoms with Gasteiger partial charge in [-0.25, -0.2) is 0 Å². The lowest BCUT2D eigenvalue weighted by Crippen LogP contribution is -2.38. The lowest BCUT2D eigenvalue weighted by atomic mass is 9.97. The Kier molecular flexibility index (Phi) is 4.49. The molecule has 0 aromatic heterocycles. The van der Waals surface area contributed by atoms with Crippen molar-refractivity contribution >= 4 is 34.8 Å². The van der Waals surface area contributed by atoms with Crippen LogP contribution in [0.2, 0.25) is 10.0 Å². The summed E-state index contributed by atoms with van der Waals surface area (Å²) < 4.78 is 0. The molecule has 2 rings (SSSR count). The lowest BCUT2D eigenvalue weighted by Gasteiger charge is -2.28. The number of nitrogens with one attached hydrogen (secondary N) is 1. The van der Waals surface area contributed by atoms with Crippen molar-refractivity contribution < 1.29 is 4.79 Å². The summed E-state index contributed by atoms with van der Waals surface area (Å²) in [7, 11) is 2.04. The number of carbonyl (C=O) groups is 1. The van der Waals surface area contributed by atoms with Crippen LogP contribution in [0.25, 0.3) is 0 Å². The van der Waals surface area contributed by atoms with Gasteiger partial charge in [0.05, 0.1) is 16.0 Å². The van der Waals surface area contributed by atoms with E-state index in [2.05, 4.69) is 10.2 Å². The Bertz CT molecular complexity index is 451. The van der Waals surface area contributed by atoms with Crippen LogP contribution in [0.5, 0.6) is 0 Å². The molecule has 1 saturated heterocycles. The zero-order chi connectivity index (χ0) is 13.1. The van der Waals surface area contributed by atoms with E-state index in [9.17, 15) is 4.79 Å². The molecule has 0 aliphatic carbocycles. The van der Waals surface area contributed by atoms with Gasteiger partial charge in [0.15, 0.2) is 0 Å². The van der Waals surface area contributed by atoms with Gasteiger partial charge in [-0.3, -0.25) is 4.79 Å². The molecule has 1 heterocycles. The number of rotatable bonds is 2. The molecule has 1 amide bonds. The van der Waals surface area contributed by atoms with Gasteiger partial charge in [0.25, 0.3) is 0 Å². The van der Waals surface area contributed by atoms with Gasteiger partial charge >= 0.3 is 0 Å². The molecule has 0 unspecified atom stereocenters. The molecule has 1 aromatic rings. The molecule has 1 N–H and O–H groups in total. The van der Waals surface area contributed by atoms with Crippen molar-refractivity contribution in [3.8, 4) is 0 Å². The number of benzene rings is 1. The van der Waals surface area contributed by atoms with Crippen LogP contribution in [0.1, 0.15) is 12.8 Å². The number of likely N-dealkylation sites (tertiary alicyclic amines) is 1. The number of carbonyl (C=O) groups excluding carboxylic acids is 1. The van der Waals surface area contributed by atoms with E-state index in [-0.39, 0.29) is 11.8 Å². The second kappa shape index (κ2) is 5.91. The second-order valence-corrected chi connectivity index (χ2v) is 5.53. The lowest BCUT2D eigenvalue weighted by molar-refractivity contribution is -0.121. The van der Waals surface area contributed by atoms with E-state index >= 15 is 0 Å². The van der Waals surface area contributed by atoms with Crippen LogP contribution in [0.15, 0.2) is 18.2 Å². The third-order valence-corrected chi connectivity index (χ3v) is 3.92. The van der Waals surface area contributed by atoms with E-state index in [1.807, 2.05) is 7.05 Å². The predicted molar refractivity (Wildman–Crippen MR) is 75.3 cm³/mol. The number of amides is 1. The third kappa shape index (κ3) is 3.37. The Labute approximate surface area is 117 Å². The quantitative estimate of drug-likeness (QED) is 0.905. The number of anilines is 1. The number of nitrogens with zero attached hydrogens (tertiary/aromatic N) is 1. The standard InChI is InChI=1S/C13H16Cl2N2O/c1-17-6-2-3-9(8-17)13(18)16-10-4-5-11(14)12(15)7-10/h4-5,7,9H,2-3,6,8H2,1H3,(H,16,18)/t9-/m0/s1. The first kappa shape index (κ1) is 13.7. The van der Waals surface area contributed by atoms with Crippen molar-refractivity contribution in [2.75, 3.05) is 25.5 Å². The summed E-state index contributed by atoms with van der Waals surface area (Å²) in [6, 6.07) is 5.12. The van der Waals surface area contributed by atoms with Gasteiger partial charge in [-0.1, -0.05) is 23.2 Å². The molecule has 1 fully saturated rings. The highest BCUT2D eigenvalue weighted by Crippen LogP contribution is 2.26. The Morgan fingerprint density at radius 3 is 2.83 bits per heavy atom. The summed E-state index contributed by atoms with van der Waals surface area (Å²) in [5, 5.41) is 3.84. The first-order valence-electron chi connectivity index (χ1n) is 6.00. The monoisotopic (exact) mass is 286 g/mol. The largest absolute Gasteiger partial charge is 0.326 e. The molecule has 3 nitrogen and oxygen atoms in total. The summed E-state index contributed by atoms with van der Waals surface area (Å²) >= 11 is 11.7. The molecule has 0 bridgehead atoms. The van der Waals surface area contributed by atoms with Gasteiger partial charge in [0.2, 0.25) is 5.91 Å². The molecule has 18 heavy (non-hydrogen) atoms. The van der Waals surface area contributed by atoms with Crippen molar-refractivity contribution in [3.05, 3.63) is 28.2 Å². The van der Waals surface area contributed by atoms with Gasteiger partial charge in [-0.05, 0) is 44.6 Å². The maximum atomic E-state index is 12.1. The number of hydrogen-bond acceptors (Lipinski definition) is 2. The molecule has 1 atom stereocenters. The number of piperidine rings is 1. The van der Waals surface area contributed by atoms with Gasteiger partial charge < -0.3 is 10.2 Å². The van der Waals surface area contributed by atoms with Crippen molar-refractivity contribution in [1.29, 1.82) is 0 Å². The molecule has 0 saturated carbocycles. The Balaban J connectivity index is 2.00. The van der Waals surface area contributed by atoms with Gasteiger partial charge in [0.1, 0.15) is 0 Å². The topological polar surface area (TPSA) is 32.3 Å². The van der Waals surface area contributed by atoms with Crippen LogP contribution < -0.4 is 5.32 Å². The van der Waals surface area contributed by atoms with E-state index in [1.54, 1.807) is 18.2 Å². The van der Waals surface area contributed by atoms with Gasteiger partial charge in [0, 0.05) is 12.2 Å². The summed E-state index contributed by atoms with van der Waals surface area (Å²) in [4.78, 5) is 14.3. The fourth-order valence-corrected chi connectivity index (χ4v) is 2.50. The molecule has 0 spiro atoms. The van der Waals surface area contributed by atoms with E-state index in [1.165, 1.54) is 0 Å². The number of hydrogen-bond donors (Lipinski definition) is 1. The van der Waals surface area contributed by atoms with Gasteiger partial charge in [-0.15, -0.1) is 0 Å². The van der Waals surface area contributed by atoms with Crippen LogP contribution in [-0.4, -0.2) is 30.9 Å². The van der Waals surface area contributed by atoms with E-state index in [0.717, 1.165) is 25.9 Å². The minimum Gasteiger partial charge on any atom is -0.326 e. The summed E-state index contributed by atoms with van der Waals surface area (Å²) in [5.41, 5.74) is 0.697. The maximum absolute atomic E-state index is 12.1. The van der Waals surface area contributed by atoms with Crippen LogP contribution >= 0.6 is 23.2 Å². The summed E-state index contributed by atoms with van der Waals surface area (Å²) in [5.74, 6) is 0.109. The first-order valence-corrected chi connectivity index (χ1v) is 6.76.